The van der Waals surface area contributed by atoms with Crippen molar-refractivity contribution in [3.8, 4) is 5.75 Å². The second kappa shape index (κ2) is 7.08. The Kier molecular flexibility index (Phi) is 5.97. The zero-order chi connectivity index (χ0) is 16.2. The van der Waals surface area contributed by atoms with Gasteiger partial charge in [-0.15, -0.1) is 0 Å². The number of methoxy groups -OCH3 is 1. The van der Waals surface area contributed by atoms with E-state index in [1.54, 1.807) is 19.0 Å². The molecule has 1 rings (SSSR count). The van der Waals surface area contributed by atoms with Gasteiger partial charge in [0.2, 0.25) is 10.0 Å². The van der Waals surface area contributed by atoms with Gasteiger partial charge in [0.1, 0.15) is 10.5 Å². The molecule has 0 bridgehead atoms. The first-order chi connectivity index (χ1) is 9.69. The lowest BCUT2D eigenvalue weighted by Gasteiger charge is -2.14. The fourth-order valence-corrected chi connectivity index (χ4v) is 3.14. The van der Waals surface area contributed by atoms with Gasteiger partial charge < -0.3 is 14.7 Å². The molecule has 118 valence electrons. The van der Waals surface area contributed by atoms with Crippen LogP contribution >= 0.6 is 11.6 Å². The Morgan fingerprint density at radius 1 is 1.43 bits per heavy atom. The van der Waals surface area contributed by atoms with Gasteiger partial charge in [-0.25, -0.2) is 17.9 Å². The van der Waals surface area contributed by atoms with Gasteiger partial charge in [0.15, 0.2) is 5.75 Å². The highest BCUT2D eigenvalue weighted by molar-refractivity contribution is 7.89. The van der Waals surface area contributed by atoms with Crippen LogP contribution in [0.2, 0.25) is 5.02 Å². The van der Waals surface area contributed by atoms with Gasteiger partial charge in [0, 0.05) is 18.1 Å². The maximum atomic E-state index is 12.3. The molecule has 1 aromatic carbocycles. The van der Waals surface area contributed by atoms with Gasteiger partial charge in [0.05, 0.1) is 7.11 Å². The van der Waals surface area contributed by atoms with E-state index in [2.05, 4.69) is 4.72 Å². The number of likely N-dealkylation sites (N-methyl/N-ethyl adjacent to an activating group) is 1. The topological polar surface area (TPSA) is 95.9 Å². The standard InChI is InChI=1S/C12H17ClN2O5S/c1-15(2)5-4-14-21(18,19)10-7-8(13)6-9(12(16)17)11(10)20-3/h6-7,14H,4-5H2,1-3H3,(H,16,17). The first kappa shape index (κ1) is 17.7. The first-order valence-corrected chi connectivity index (χ1v) is 7.80. The van der Waals surface area contributed by atoms with Crippen LogP contribution in [0.3, 0.4) is 0 Å². The van der Waals surface area contributed by atoms with Crippen LogP contribution in [0.25, 0.3) is 0 Å². The van der Waals surface area contributed by atoms with Gasteiger partial charge >= 0.3 is 5.97 Å². The summed E-state index contributed by atoms with van der Waals surface area (Å²) in [6.07, 6.45) is 0. The summed E-state index contributed by atoms with van der Waals surface area (Å²) in [7, 11) is 0.881. The Bertz CT molecular complexity index is 631. The van der Waals surface area contributed by atoms with Gasteiger partial charge in [-0.2, -0.15) is 0 Å². The van der Waals surface area contributed by atoms with E-state index in [4.69, 9.17) is 21.4 Å². The predicted molar refractivity (Wildman–Crippen MR) is 78.7 cm³/mol. The molecule has 0 saturated heterocycles. The third kappa shape index (κ3) is 4.57. The van der Waals surface area contributed by atoms with Crippen LogP contribution in [0.1, 0.15) is 10.4 Å². The Balaban J connectivity index is 3.25. The molecule has 0 spiro atoms. The van der Waals surface area contributed by atoms with Crippen LogP contribution in [0.4, 0.5) is 0 Å². The number of hydrogen-bond acceptors (Lipinski definition) is 5. The molecule has 7 nitrogen and oxygen atoms in total. The maximum absolute atomic E-state index is 12.3. The van der Waals surface area contributed by atoms with E-state index in [9.17, 15) is 13.2 Å². The molecular formula is C12H17ClN2O5S. The molecule has 0 amide bonds. The zero-order valence-electron chi connectivity index (χ0n) is 11.9. The SMILES string of the molecule is COc1c(C(=O)O)cc(Cl)cc1S(=O)(=O)NCCN(C)C. The van der Waals surface area contributed by atoms with E-state index >= 15 is 0 Å². The summed E-state index contributed by atoms with van der Waals surface area (Å²) < 4.78 is 31.8. The molecule has 21 heavy (non-hydrogen) atoms. The first-order valence-electron chi connectivity index (χ1n) is 5.94. The summed E-state index contributed by atoms with van der Waals surface area (Å²) in [6, 6.07) is 2.30. The summed E-state index contributed by atoms with van der Waals surface area (Å²) >= 11 is 5.79. The molecular weight excluding hydrogens is 320 g/mol. The van der Waals surface area contributed by atoms with Crippen LogP contribution in [-0.4, -0.2) is 58.7 Å². The summed E-state index contributed by atoms with van der Waals surface area (Å²) in [6.45, 7) is 0.668. The zero-order valence-corrected chi connectivity index (χ0v) is 13.5. The number of nitrogens with one attached hydrogen (secondary N) is 1. The lowest BCUT2D eigenvalue weighted by atomic mass is 10.2. The van der Waals surface area contributed by atoms with Crippen molar-refractivity contribution < 1.29 is 23.1 Å². The Hall–Kier alpha value is -1.35. The van der Waals surface area contributed by atoms with Gasteiger partial charge in [-0.05, 0) is 26.2 Å². The van der Waals surface area contributed by atoms with Crippen molar-refractivity contribution in [1.82, 2.24) is 9.62 Å². The maximum Gasteiger partial charge on any atom is 0.339 e. The molecule has 0 aliphatic rings. The van der Waals surface area contributed by atoms with Gasteiger partial charge in [-0.3, -0.25) is 0 Å². The fraction of sp³-hybridized carbons (Fsp3) is 0.417. The minimum atomic E-state index is -3.93. The van der Waals surface area contributed by atoms with E-state index < -0.39 is 16.0 Å². The molecule has 1 aromatic rings. The molecule has 0 atom stereocenters. The number of carbonyl (C=O) groups is 1. The van der Waals surface area contributed by atoms with Crippen molar-refractivity contribution in [2.24, 2.45) is 0 Å². The number of halogens is 1. The summed E-state index contributed by atoms with van der Waals surface area (Å²) in [5.41, 5.74) is -0.307. The molecule has 9 heteroatoms. The van der Waals surface area contributed by atoms with Crippen LogP contribution in [0, 0.1) is 0 Å². The molecule has 0 fully saturated rings. The van der Waals surface area contributed by atoms with Crippen LogP contribution in [0.5, 0.6) is 5.75 Å². The van der Waals surface area contributed by atoms with Crippen LogP contribution < -0.4 is 9.46 Å². The summed E-state index contributed by atoms with van der Waals surface area (Å²) in [5.74, 6) is -1.57. The fourth-order valence-electron chi connectivity index (χ4n) is 1.62. The highest BCUT2D eigenvalue weighted by atomic mass is 35.5. The number of carboxylic acid groups (broad SMARTS) is 1. The number of aromatic carboxylic acids is 1. The Labute approximate surface area is 128 Å². The molecule has 0 unspecified atom stereocenters. The molecule has 0 aromatic heterocycles. The Morgan fingerprint density at radius 3 is 2.52 bits per heavy atom. The molecule has 0 heterocycles. The number of ether oxygens (including phenoxy) is 1. The number of sulfonamides is 1. The van der Waals surface area contributed by atoms with Crippen molar-refractivity contribution >= 4 is 27.6 Å². The van der Waals surface area contributed by atoms with Crippen molar-refractivity contribution in [3.63, 3.8) is 0 Å². The van der Waals surface area contributed by atoms with Gasteiger partial charge in [0.25, 0.3) is 0 Å². The number of rotatable bonds is 7. The second-order valence-electron chi connectivity index (χ2n) is 4.49. The number of nitrogens with zero attached hydrogens (tertiary/aromatic N) is 1. The third-order valence-electron chi connectivity index (χ3n) is 2.59. The molecule has 0 radical (unpaired) electrons. The molecule has 0 aliphatic heterocycles. The molecule has 0 saturated carbocycles. The van der Waals surface area contributed by atoms with Crippen molar-refractivity contribution in [1.29, 1.82) is 0 Å². The highest BCUT2D eigenvalue weighted by Gasteiger charge is 2.25. The van der Waals surface area contributed by atoms with E-state index in [1.165, 1.54) is 7.11 Å². The largest absolute Gasteiger partial charge is 0.494 e. The van der Waals surface area contributed by atoms with Crippen LogP contribution in [0.15, 0.2) is 17.0 Å². The Morgan fingerprint density at radius 2 is 2.05 bits per heavy atom. The van der Waals surface area contributed by atoms with E-state index in [1.807, 2.05) is 0 Å². The highest BCUT2D eigenvalue weighted by Crippen LogP contribution is 2.31. The summed E-state index contributed by atoms with van der Waals surface area (Å²) in [4.78, 5) is 12.7. The van der Waals surface area contributed by atoms with E-state index in [0.717, 1.165) is 12.1 Å². The second-order valence-corrected chi connectivity index (χ2v) is 6.66. The lowest BCUT2D eigenvalue weighted by molar-refractivity contribution is 0.0693. The number of benzene rings is 1. The quantitative estimate of drug-likeness (QED) is 0.767. The number of carboxylic acids is 1. The average molecular weight is 337 g/mol. The van der Waals surface area contributed by atoms with Crippen LogP contribution in [-0.2, 0) is 10.0 Å². The monoisotopic (exact) mass is 336 g/mol. The third-order valence-corrected chi connectivity index (χ3v) is 4.28. The minimum Gasteiger partial charge on any atom is -0.494 e. The van der Waals surface area contributed by atoms with Crippen molar-refractivity contribution in [2.45, 2.75) is 4.90 Å². The molecule has 0 aliphatic carbocycles. The van der Waals surface area contributed by atoms with Crippen molar-refractivity contribution in [3.05, 3.63) is 22.7 Å². The van der Waals surface area contributed by atoms with Gasteiger partial charge in [-0.1, -0.05) is 11.6 Å². The summed E-state index contributed by atoms with van der Waals surface area (Å²) in [5, 5.41) is 9.10. The van der Waals surface area contributed by atoms with E-state index in [0.29, 0.717) is 6.54 Å². The smallest absolute Gasteiger partial charge is 0.339 e. The average Bonchev–Trinajstić information content (AvgIpc) is 2.36. The van der Waals surface area contributed by atoms with E-state index in [-0.39, 0.29) is 27.8 Å². The number of hydrogen-bond donors (Lipinski definition) is 2. The normalized spacial score (nSPS) is 11.7. The predicted octanol–water partition coefficient (Wildman–Crippen LogP) is 0.887. The molecule has 2 N–H and O–H groups in total. The lowest BCUT2D eigenvalue weighted by Crippen LogP contribution is -2.31. The van der Waals surface area contributed by atoms with Crippen molar-refractivity contribution in [2.75, 3.05) is 34.3 Å². The minimum absolute atomic E-state index is 0.00110.